The molecule has 0 spiro atoms. The van der Waals surface area contributed by atoms with E-state index in [1.807, 2.05) is 0 Å². The highest BCUT2D eigenvalue weighted by molar-refractivity contribution is 6.20. The second-order valence-corrected chi connectivity index (χ2v) is 16.1. The Morgan fingerprint density at radius 1 is 0.921 bits per heavy atom. The lowest BCUT2D eigenvalue weighted by molar-refractivity contribution is -0.141. The molecule has 3 aliphatic heterocycles. The van der Waals surface area contributed by atoms with Gasteiger partial charge in [-0.3, -0.25) is 9.59 Å². The predicted octanol–water partition coefficient (Wildman–Crippen LogP) is 9.32. The van der Waals surface area contributed by atoms with Gasteiger partial charge in [-0.15, -0.1) is 24.0 Å². The molecule has 6 heterocycles. The third-order valence-corrected chi connectivity index (χ3v) is 12.5. The van der Waals surface area contributed by atoms with Gasteiger partial charge in [-0.25, -0.2) is 9.59 Å². The Labute approximate surface area is 369 Å². The molecule has 3 aromatic heterocycles. The van der Waals surface area contributed by atoms with Crippen molar-refractivity contribution in [3.8, 4) is 11.5 Å². The van der Waals surface area contributed by atoms with Crippen LogP contribution in [0.25, 0.3) is 32.8 Å². The highest BCUT2D eigenvalue weighted by Crippen LogP contribution is 2.50. The van der Waals surface area contributed by atoms with Crippen LogP contribution in [0.1, 0.15) is 80.7 Å². The van der Waals surface area contributed by atoms with Gasteiger partial charge >= 0.3 is 18.2 Å². The quantitative estimate of drug-likeness (QED) is 0.0998. The largest absolute Gasteiger partial charge is 0.493 e. The topological polar surface area (TPSA) is 162 Å². The number of halogens is 5. The number of aromatic amines is 2. The highest BCUT2D eigenvalue weighted by atomic mass is 35.5. The van der Waals surface area contributed by atoms with E-state index in [0.29, 0.717) is 52.4 Å². The van der Waals surface area contributed by atoms with Crippen LogP contribution in [0.3, 0.4) is 0 Å². The number of nitrogens with zero attached hydrogens (tertiary/aromatic N) is 3. The number of rotatable bonds is 8. The standard InChI is InChI=1S/C44H42ClF3N6O8.ClH/c1-59-31-8-6-7-23-19-33(61-38(23)31)40(55)49-26-9-10-28-24(17-26)18-29(50-28)41(56)54-22-25(21-45)34-30(54)20-32(37-35(34)36(42(57)60-2)39(51-37)44(46,47)48)62-43(58)53-15-11-27(12-16-53)52-13-4-3-5-14-52;/h6-10,17-20,25,27,50-51H,3-5,11-16,21-22H2,1-2H3,(H,49,55);1H/t25-;/m1./s1. The second-order valence-electron chi connectivity index (χ2n) is 15.8. The molecule has 0 aliphatic carbocycles. The van der Waals surface area contributed by atoms with Crippen LogP contribution in [0, 0.1) is 0 Å². The molecule has 2 fully saturated rings. The van der Waals surface area contributed by atoms with Crippen LogP contribution in [0.5, 0.6) is 11.5 Å². The van der Waals surface area contributed by atoms with Gasteiger partial charge in [-0.1, -0.05) is 18.6 Å². The molecule has 0 bridgehead atoms. The molecule has 9 rings (SSSR count). The van der Waals surface area contributed by atoms with Crippen molar-refractivity contribution in [1.29, 1.82) is 0 Å². The lowest BCUT2D eigenvalue weighted by atomic mass is 9.95. The monoisotopic (exact) mass is 910 g/mol. The number of H-pyrrole nitrogens is 2. The molecule has 0 saturated carbocycles. The zero-order valence-electron chi connectivity index (χ0n) is 34.2. The van der Waals surface area contributed by atoms with E-state index in [9.17, 15) is 32.3 Å². The number of aromatic nitrogens is 2. The number of fused-ring (bicyclic) bond motifs is 5. The van der Waals surface area contributed by atoms with E-state index in [2.05, 4.69) is 20.2 Å². The number of alkyl halides is 4. The van der Waals surface area contributed by atoms with Crippen molar-refractivity contribution in [1.82, 2.24) is 19.8 Å². The third-order valence-electron chi connectivity index (χ3n) is 12.2. The number of methoxy groups -OCH3 is 2. The number of amides is 3. The summed E-state index contributed by atoms with van der Waals surface area (Å²) in [5.41, 5.74) is -0.625. The minimum Gasteiger partial charge on any atom is -0.493 e. The van der Waals surface area contributed by atoms with E-state index >= 15 is 0 Å². The van der Waals surface area contributed by atoms with Crippen molar-refractivity contribution in [3.63, 3.8) is 0 Å². The first-order valence-corrected chi connectivity index (χ1v) is 20.9. The van der Waals surface area contributed by atoms with Gasteiger partial charge in [-0.2, -0.15) is 13.2 Å². The lowest BCUT2D eigenvalue weighted by Gasteiger charge is -2.39. The van der Waals surface area contributed by atoms with Crippen molar-refractivity contribution in [2.75, 3.05) is 63.0 Å². The van der Waals surface area contributed by atoms with E-state index in [4.69, 9.17) is 30.2 Å². The smallest absolute Gasteiger partial charge is 0.432 e. The summed E-state index contributed by atoms with van der Waals surface area (Å²) >= 11 is 6.48. The third kappa shape index (κ3) is 8.01. The van der Waals surface area contributed by atoms with Crippen LogP contribution in [0.4, 0.5) is 29.3 Å². The van der Waals surface area contributed by atoms with E-state index in [0.717, 1.165) is 45.9 Å². The maximum atomic E-state index is 14.7. The number of anilines is 2. The second kappa shape index (κ2) is 17.3. The number of hydrogen-bond acceptors (Lipinski definition) is 9. The van der Waals surface area contributed by atoms with Gasteiger partial charge < -0.3 is 48.6 Å². The van der Waals surface area contributed by atoms with Crippen LogP contribution in [0.15, 0.2) is 59.0 Å². The number of benzene rings is 3. The molecular formula is C44H43Cl2F3N6O8. The van der Waals surface area contributed by atoms with Crippen LogP contribution in [-0.4, -0.2) is 103 Å². The molecule has 3 aromatic carbocycles. The lowest BCUT2D eigenvalue weighted by Crippen LogP contribution is -2.48. The fraction of sp³-hybridized carbons (Fsp3) is 0.364. The predicted molar refractivity (Wildman–Crippen MR) is 232 cm³/mol. The molecular weight excluding hydrogens is 868 g/mol. The van der Waals surface area contributed by atoms with E-state index in [-0.39, 0.29) is 64.2 Å². The number of furan rings is 1. The first kappa shape index (κ1) is 43.7. The van der Waals surface area contributed by atoms with Crippen molar-refractivity contribution in [2.45, 2.75) is 50.2 Å². The molecule has 63 heavy (non-hydrogen) atoms. The number of hydrogen-bond donors (Lipinski definition) is 3. The van der Waals surface area contributed by atoms with Gasteiger partial charge in [0.05, 0.1) is 31.0 Å². The maximum absolute atomic E-state index is 14.7. The fourth-order valence-electron chi connectivity index (χ4n) is 9.15. The van der Waals surface area contributed by atoms with E-state index in [1.165, 1.54) is 29.4 Å². The van der Waals surface area contributed by atoms with E-state index in [1.54, 1.807) is 48.5 Å². The number of carbonyl (C=O) groups is 4. The van der Waals surface area contributed by atoms with Gasteiger partial charge in [-0.05, 0) is 80.7 Å². The number of nitrogens with one attached hydrogen (secondary N) is 3. The van der Waals surface area contributed by atoms with Gasteiger partial charge in [0.1, 0.15) is 11.4 Å². The van der Waals surface area contributed by atoms with Crippen LogP contribution < -0.4 is 19.7 Å². The molecule has 3 N–H and O–H groups in total. The highest BCUT2D eigenvalue weighted by Gasteiger charge is 2.44. The SMILES string of the molecule is COC(=O)c1c(C(F)(F)F)[nH]c2c(OC(=O)N3CCC(N4CCCCC4)CC3)cc3c(c12)[C@H](CCl)CN3C(=O)c1cc2cc(NC(=O)c3cc4cccc(OC)c4o3)ccc2[nH]1.Cl. The Kier molecular flexibility index (Phi) is 12.0. The molecule has 1 atom stereocenters. The first-order valence-electron chi connectivity index (χ1n) is 20.3. The van der Waals surface area contributed by atoms with Gasteiger partial charge in [0, 0.05) is 70.9 Å². The van der Waals surface area contributed by atoms with Crippen molar-refractivity contribution in [3.05, 3.63) is 82.9 Å². The van der Waals surface area contributed by atoms with Crippen LogP contribution >= 0.6 is 24.0 Å². The molecule has 0 unspecified atom stereocenters. The Morgan fingerprint density at radius 2 is 1.68 bits per heavy atom. The van der Waals surface area contributed by atoms with Crippen molar-refractivity contribution < 1.29 is 51.0 Å². The summed E-state index contributed by atoms with van der Waals surface area (Å²) in [4.78, 5) is 65.5. The van der Waals surface area contributed by atoms with Gasteiger partial charge in [0.2, 0.25) is 0 Å². The number of likely N-dealkylation sites (tertiary alicyclic amines) is 2. The number of piperidine rings is 2. The number of para-hydroxylation sites is 1. The average Bonchev–Trinajstić information content (AvgIpc) is 4.08. The molecule has 3 aliphatic rings. The molecule has 3 amide bonds. The summed E-state index contributed by atoms with van der Waals surface area (Å²) < 4.78 is 66.0. The number of carbonyl (C=O) groups excluding carboxylic acids is 4. The minimum absolute atomic E-state index is 0. The zero-order chi connectivity index (χ0) is 43.4. The molecule has 332 valence electrons. The summed E-state index contributed by atoms with van der Waals surface area (Å²) in [6.45, 7) is 2.73. The Hall–Kier alpha value is -5.91. The number of ether oxygens (including phenoxy) is 3. The zero-order valence-corrected chi connectivity index (χ0v) is 35.7. The normalized spacial score (nSPS) is 17.2. The van der Waals surface area contributed by atoms with Crippen LogP contribution in [0.2, 0.25) is 0 Å². The van der Waals surface area contributed by atoms with Crippen molar-refractivity contribution in [2.24, 2.45) is 0 Å². The summed E-state index contributed by atoms with van der Waals surface area (Å²) in [5.74, 6) is -2.97. The molecule has 2 saturated heterocycles. The molecule has 0 radical (unpaired) electrons. The Morgan fingerprint density at radius 3 is 2.38 bits per heavy atom. The van der Waals surface area contributed by atoms with Crippen molar-refractivity contribution >= 4 is 92.0 Å². The van der Waals surface area contributed by atoms with Crippen LogP contribution in [-0.2, 0) is 10.9 Å². The summed E-state index contributed by atoms with van der Waals surface area (Å²) in [5, 5.41) is 3.86. The minimum atomic E-state index is -5.04. The fourth-order valence-corrected chi connectivity index (χ4v) is 9.40. The molecule has 6 aromatic rings. The number of esters is 1. The molecule has 19 heteroatoms. The average molecular weight is 912 g/mol. The Balaban J connectivity index is 0.00000544. The van der Waals surface area contributed by atoms with E-state index < -0.39 is 47.2 Å². The Bertz CT molecular complexity index is 2750. The maximum Gasteiger partial charge on any atom is 0.432 e. The van der Waals surface area contributed by atoms with Gasteiger partial charge in [0.15, 0.2) is 22.8 Å². The molecule has 14 nitrogen and oxygen atoms in total. The summed E-state index contributed by atoms with van der Waals surface area (Å²) in [6.07, 6.45) is -0.909. The van der Waals surface area contributed by atoms with Gasteiger partial charge in [0.25, 0.3) is 11.8 Å². The summed E-state index contributed by atoms with van der Waals surface area (Å²) in [6, 6.07) is 15.2. The first-order chi connectivity index (χ1) is 29.9. The summed E-state index contributed by atoms with van der Waals surface area (Å²) in [7, 11) is 2.47.